The fourth-order valence-corrected chi connectivity index (χ4v) is 1.61. The van der Waals surface area contributed by atoms with Crippen molar-refractivity contribution in [3.63, 3.8) is 0 Å². The van der Waals surface area contributed by atoms with Crippen molar-refractivity contribution in [3.05, 3.63) is 0 Å². The average molecular weight is 245 g/mol. The van der Waals surface area contributed by atoms with E-state index in [1.54, 1.807) is 6.92 Å². The highest BCUT2D eigenvalue weighted by molar-refractivity contribution is 5.75. The van der Waals surface area contributed by atoms with E-state index < -0.39 is 5.60 Å². The van der Waals surface area contributed by atoms with E-state index in [4.69, 9.17) is 5.73 Å². The maximum atomic E-state index is 11.5. The van der Waals surface area contributed by atoms with Crippen molar-refractivity contribution in [1.29, 1.82) is 0 Å². The lowest BCUT2D eigenvalue weighted by molar-refractivity contribution is -0.122. The molecule has 0 aliphatic rings. The van der Waals surface area contributed by atoms with Crippen LogP contribution in [-0.4, -0.2) is 55.2 Å². The lowest BCUT2D eigenvalue weighted by atomic mass is 10.0. The van der Waals surface area contributed by atoms with Crippen LogP contribution in [-0.2, 0) is 4.79 Å². The van der Waals surface area contributed by atoms with E-state index in [0.29, 0.717) is 25.4 Å². The summed E-state index contributed by atoms with van der Waals surface area (Å²) in [5.74, 6) is 0.340. The summed E-state index contributed by atoms with van der Waals surface area (Å²) in [7, 11) is 3.78. The van der Waals surface area contributed by atoms with Gasteiger partial charge in [0.15, 0.2) is 0 Å². The SMILES string of the molecule is CC(CN)CCC(=O)NCC(C)(O)CN(C)C. The Morgan fingerprint density at radius 3 is 2.59 bits per heavy atom. The van der Waals surface area contributed by atoms with E-state index in [1.807, 2.05) is 25.9 Å². The third-order valence-corrected chi connectivity index (χ3v) is 2.59. The summed E-state index contributed by atoms with van der Waals surface area (Å²) in [5, 5.41) is 12.7. The van der Waals surface area contributed by atoms with Gasteiger partial charge >= 0.3 is 0 Å². The molecule has 2 atom stereocenters. The van der Waals surface area contributed by atoms with Crippen LogP contribution in [0.5, 0.6) is 0 Å². The molecule has 0 aliphatic carbocycles. The van der Waals surface area contributed by atoms with E-state index >= 15 is 0 Å². The number of hydrogen-bond acceptors (Lipinski definition) is 4. The summed E-state index contributed by atoms with van der Waals surface area (Å²) in [6.07, 6.45) is 1.26. The normalized spacial score (nSPS) is 16.6. The van der Waals surface area contributed by atoms with Gasteiger partial charge in [-0.25, -0.2) is 0 Å². The monoisotopic (exact) mass is 245 g/mol. The maximum Gasteiger partial charge on any atom is 0.220 e. The molecule has 0 heterocycles. The summed E-state index contributed by atoms with van der Waals surface area (Å²) in [4.78, 5) is 13.4. The highest BCUT2D eigenvalue weighted by Gasteiger charge is 2.21. The van der Waals surface area contributed by atoms with Crippen LogP contribution in [0.15, 0.2) is 0 Å². The first kappa shape index (κ1) is 16.4. The Kier molecular flexibility index (Phi) is 7.34. The topological polar surface area (TPSA) is 78.6 Å². The van der Waals surface area contributed by atoms with E-state index in [9.17, 15) is 9.90 Å². The van der Waals surface area contributed by atoms with Crippen molar-refractivity contribution < 1.29 is 9.90 Å². The number of hydrogen-bond donors (Lipinski definition) is 3. The first-order valence-electron chi connectivity index (χ1n) is 6.10. The molecule has 0 saturated carbocycles. The number of carbonyl (C=O) groups is 1. The van der Waals surface area contributed by atoms with E-state index in [0.717, 1.165) is 6.42 Å². The molecule has 0 radical (unpaired) electrons. The van der Waals surface area contributed by atoms with E-state index in [1.165, 1.54) is 0 Å². The van der Waals surface area contributed by atoms with Gasteiger partial charge in [0.2, 0.25) is 5.91 Å². The Morgan fingerprint density at radius 2 is 2.12 bits per heavy atom. The van der Waals surface area contributed by atoms with Gasteiger partial charge in [-0.05, 0) is 39.9 Å². The number of carbonyl (C=O) groups excluding carboxylic acids is 1. The second-order valence-electron chi connectivity index (χ2n) is 5.39. The minimum absolute atomic E-state index is 0.0238. The van der Waals surface area contributed by atoms with Crippen molar-refractivity contribution in [2.75, 3.05) is 33.7 Å². The van der Waals surface area contributed by atoms with Gasteiger partial charge in [0.05, 0.1) is 5.60 Å². The number of nitrogens with one attached hydrogen (secondary N) is 1. The second-order valence-corrected chi connectivity index (χ2v) is 5.39. The highest BCUT2D eigenvalue weighted by atomic mass is 16.3. The number of rotatable bonds is 8. The fraction of sp³-hybridized carbons (Fsp3) is 0.917. The Labute approximate surface area is 104 Å². The lowest BCUT2D eigenvalue weighted by Gasteiger charge is -2.27. The van der Waals surface area contributed by atoms with Crippen molar-refractivity contribution in [1.82, 2.24) is 10.2 Å². The average Bonchev–Trinajstić information content (AvgIpc) is 2.21. The Hall–Kier alpha value is -0.650. The highest BCUT2D eigenvalue weighted by Crippen LogP contribution is 2.05. The molecule has 0 aromatic heterocycles. The number of amides is 1. The van der Waals surface area contributed by atoms with Crippen LogP contribution in [0.4, 0.5) is 0 Å². The Morgan fingerprint density at radius 1 is 1.53 bits per heavy atom. The lowest BCUT2D eigenvalue weighted by Crippen LogP contribution is -2.47. The van der Waals surface area contributed by atoms with Crippen LogP contribution in [0.25, 0.3) is 0 Å². The molecule has 2 unspecified atom stereocenters. The summed E-state index contributed by atoms with van der Waals surface area (Å²) < 4.78 is 0. The summed E-state index contributed by atoms with van der Waals surface area (Å²) in [6, 6.07) is 0. The number of aliphatic hydroxyl groups is 1. The molecule has 0 aromatic rings. The summed E-state index contributed by atoms with van der Waals surface area (Å²) >= 11 is 0. The third kappa shape index (κ3) is 9.09. The number of likely N-dealkylation sites (N-methyl/N-ethyl adjacent to an activating group) is 1. The first-order chi connectivity index (χ1) is 7.76. The smallest absolute Gasteiger partial charge is 0.220 e. The van der Waals surface area contributed by atoms with Crippen LogP contribution in [0, 0.1) is 5.92 Å². The molecule has 0 saturated heterocycles. The molecule has 4 N–H and O–H groups in total. The molecule has 0 bridgehead atoms. The molecule has 1 amide bonds. The molecule has 102 valence electrons. The number of nitrogens with two attached hydrogens (primary N) is 1. The van der Waals surface area contributed by atoms with Gasteiger partial charge in [0.25, 0.3) is 0 Å². The van der Waals surface area contributed by atoms with Crippen molar-refractivity contribution in [2.45, 2.75) is 32.3 Å². The van der Waals surface area contributed by atoms with Crippen LogP contribution < -0.4 is 11.1 Å². The molecular weight excluding hydrogens is 218 g/mol. The number of nitrogens with zero attached hydrogens (tertiary/aromatic N) is 1. The molecular formula is C12H27N3O2. The van der Waals surface area contributed by atoms with Gasteiger partial charge in [-0.3, -0.25) is 4.79 Å². The quantitative estimate of drug-likeness (QED) is 0.553. The first-order valence-corrected chi connectivity index (χ1v) is 6.10. The zero-order chi connectivity index (χ0) is 13.5. The van der Waals surface area contributed by atoms with Crippen molar-refractivity contribution in [3.8, 4) is 0 Å². The van der Waals surface area contributed by atoms with Gasteiger partial charge < -0.3 is 21.1 Å². The molecule has 5 nitrogen and oxygen atoms in total. The minimum atomic E-state index is -0.890. The summed E-state index contributed by atoms with van der Waals surface area (Å²) in [5.41, 5.74) is 4.59. The van der Waals surface area contributed by atoms with Crippen LogP contribution >= 0.6 is 0 Å². The third-order valence-electron chi connectivity index (χ3n) is 2.59. The predicted octanol–water partition coefficient (Wildman–Crippen LogP) is -0.210. The molecule has 0 fully saturated rings. The van der Waals surface area contributed by atoms with Gasteiger partial charge in [-0.1, -0.05) is 6.92 Å². The van der Waals surface area contributed by atoms with Gasteiger partial charge in [0, 0.05) is 19.5 Å². The fourth-order valence-electron chi connectivity index (χ4n) is 1.61. The predicted molar refractivity (Wildman–Crippen MR) is 69.6 cm³/mol. The molecule has 17 heavy (non-hydrogen) atoms. The second kappa shape index (κ2) is 7.63. The molecule has 0 rings (SSSR count). The van der Waals surface area contributed by atoms with Crippen molar-refractivity contribution in [2.24, 2.45) is 11.7 Å². The Bertz CT molecular complexity index is 230. The molecule has 5 heteroatoms. The van der Waals surface area contributed by atoms with Gasteiger partial charge in [-0.2, -0.15) is 0 Å². The Balaban J connectivity index is 3.83. The standard InChI is InChI=1S/C12H27N3O2/c1-10(7-13)5-6-11(16)14-8-12(2,17)9-15(3)4/h10,17H,5-9,13H2,1-4H3,(H,14,16). The van der Waals surface area contributed by atoms with Crippen LogP contribution in [0.2, 0.25) is 0 Å². The van der Waals surface area contributed by atoms with Crippen molar-refractivity contribution >= 4 is 5.91 Å². The summed E-state index contributed by atoms with van der Waals surface area (Å²) in [6.45, 7) is 5.14. The van der Waals surface area contributed by atoms with Gasteiger partial charge in [-0.15, -0.1) is 0 Å². The van der Waals surface area contributed by atoms with Gasteiger partial charge in [0.1, 0.15) is 0 Å². The minimum Gasteiger partial charge on any atom is -0.387 e. The van der Waals surface area contributed by atoms with E-state index in [2.05, 4.69) is 5.32 Å². The largest absolute Gasteiger partial charge is 0.387 e. The maximum absolute atomic E-state index is 11.5. The van der Waals surface area contributed by atoms with Crippen LogP contribution in [0.3, 0.4) is 0 Å². The molecule has 0 aromatic carbocycles. The zero-order valence-corrected chi connectivity index (χ0v) is 11.5. The van der Waals surface area contributed by atoms with E-state index in [-0.39, 0.29) is 12.5 Å². The zero-order valence-electron chi connectivity index (χ0n) is 11.5. The van der Waals surface area contributed by atoms with Crippen LogP contribution in [0.1, 0.15) is 26.7 Å². The molecule has 0 aliphatic heterocycles. The molecule has 0 spiro atoms.